The van der Waals surface area contributed by atoms with Gasteiger partial charge in [-0.05, 0) is 36.8 Å². The maximum atomic E-state index is 12.6. The van der Waals surface area contributed by atoms with E-state index in [0.717, 1.165) is 16.2 Å². The van der Waals surface area contributed by atoms with Gasteiger partial charge in [-0.3, -0.25) is 0 Å². The van der Waals surface area contributed by atoms with Gasteiger partial charge in [-0.1, -0.05) is 15.9 Å². The van der Waals surface area contributed by atoms with Gasteiger partial charge in [-0.15, -0.1) is 0 Å². The Balaban J connectivity index is 2.20. The fourth-order valence-corrected chi connectivity index (χ4v) is 1.47. The standard InChI is InChI=1S/C12H9BrFNO/c1-8-6-10(3-4-11(8)13)16-12-5-2-9(14)7-15-12/h2-7H,1H3. The summed E-state index contributed by atoms with van der Waals surface area (Å²) in [6, 6.07) is 8.41. The first-order valence-electron chi connectivity index (χ1n) is 4.71. The van der Waals surface area contributed by atoms with Crippen LogP contribution in [0.2, 0.25) is 0 Å². The van der Waals surface area contributed by atoms with Gasteiger partial charge in [0, 0.05) is 10.5 Å². The van der Waals surface area contributed by atoms with Crippen LogP contribution in [0.5, 0.6) is 11.6 Å². The topological polar surface area (TPSA) is 22.1 Å². The van der Waals surface area contributed by atoms with E-state index in [4.69, 9.17) is 4.74 Å². The van der Waals surface area contributed by atoms with Crippen molar-refractivity contribution in [3.63, 3.8) is 0 Å². The minimum absolute atomic E-state index is 0.376. The number of ether oxygens (including phenoxy) is 1. The van der Waals surface area contributed by atoms with Gasteiger partial charge < -0.3 is 4.74 Å². The Hall–Kier alpha value is -1.42. The van der Waals surface area contributed by atoms with E-state index >= 15 is 0 Å². The van der Waals surface area contributed by atoms with E-state index in [9.17, 15) is 4.39 Å². The van der Waals surface area contributed by atoms with Crippen molar-refractivity contribution in [2.45, 2.75) is 6.92 Å². The Morgan fingerprint density at radius 3 is 2.69 bits per heavy atom. The second-order valence-corrected chi connectivity index (χ2v) is 4.18. The molecule has 0 bridgehead atoms. The van der Waals surface area contributed by atoms with Gasteiger partial charge in [0.1, 0.15) is 11.6 Å². The summed E-state index contributed by atoms with van der Waals surface area (Å²) in [5.41, 5.74) is 1.07. The van der Waals surface area contributed by atoms with Crippen LogP contribution in [0.25, 0.3) is 0 Å². The van der Waals surface area contributed by atoms with Gasteiger partial charge in [0.05, 0.1) is 6.20 Å². The molecule has 0 amide bonds. The van der Waals surface area contributed by atoms with Crippen molar-refractivity contribution < 1.29 is 9.13 Å². The second-order valence-electron chi connectivity index (χ2n) is 3.33. The lowest BCUT2D eigenvalue weighted by Crippen LogP contribution is -1.89. The van der Waals surface area contributed by atoms with Crippen LogP contribution in [-0.2, 0) is 0 Å². The Kier molecular flexibility index (Phi) is 3.19. The maximum Gasteiger partial charge on any atom is 0.219 e. The molecular weight excluding hydrogens is 273 g/mol. The largest absolute Gasteiger partial charge is 0.439 e. The zero-order valence-electron chi connectivity index (χ0n) is 8.58. The highest BCUT2D eigenvalue weighted by atomic mass is 79.9. The highest BCUT2D eigenvalue weighted by Crippen LogP contribution is 2.24. The van der Waals surface area contributed by atoms with E-state index in [0.29, 0.717) is 11.6 Å². The molecule has 2 rings (SSSR count). The molecule has 2 aromatic rings. The Bertz CT molecular complexity index is 499. The zero-order chi connectivity index (χ0) is 11.5. The average Bonchev–Trinajstić information content (AvgIpc) is 2.27. The van der Waals surface area contributed by atoms with Crippen molar-refractivity contribution in [1.82, 2.24) is 4.98 Å². The van der Waals surface area contributed by atoms with Gasteiger partial charge in [0.25, 0.3) is 0 Å². The van der Waals surface area contributed by atoms with E-state index in [1.165, 1.54) is 12.1 Å². The third-order valence-electron chi connectivity index (χ3n) is 2.05. The first-order valence-corrected chi connectivity index (χ1v) is 5.50. The molecule has 2 nitrogen and oxygen atoms in total. The van der Waals surface area contributed by atoms with Crippen LogP contribution in [0.15, 0.2) is 41.0 Å². The molecule has 0 fully saturated rings. The first-order chi connectivity index (χ1) is 7.65. The number of aromatic nitrogens is 1. The van der Waals surface area contributed by atoms with Crippen LogP contribution < -0.4 is 4.74 Å². The summed E-state index contributed by atoms with van der Waals surface area (Å²) in [6.45, 7) is 1.97. The highest BCUT2D eigenvalue weighted by molar-refractivity contribution is 9.10. The normalized spacial score (nSPS) is 10.2. The number of rotatable bonds is 2. The van der Waals surface area contributed by atoms with Crippen LogP contribution in [0.1, 0.15) is 5.56 Å². The molecule has 0 saturated carbocycles. The lowest BCUT2D eigenvalue weighted by molar-refractivity contribution is 0.459. The first kappa shape index (κ1) is 11.1. The third kappa shape index (κ3) is 2.58. The molecule has 4 heteroatoms. The number of hydrogen-bond donors (Lipinski definition) is 0. The van der Waals surface area contributed by atoms with Crippen LogP contribution in [0, 0.1) is 12.7 Å². The van der Waals surface area contributed by atoms with E-state index < -0.39 is 0 Å². The van der Waals surface area contributed by atoms with Gasteiger partial charge in [0.15, 0.2) is 0 Å². The number of nitrogens with zero attached hydrogens (tertiary/aromatic N) is 1. The summed E-state index contributed by atoms with van der Waals surface area (Å²) in [6.07, 6.45) is 1.13. The minimum atomic E-state index is -0.376. The summed E-state index contributed by atoms with van der Waals surface area (Å²) >= 11 is 3.40. The number of hydrogen-bond acceptors (Lipinski definition) is 2. The molecule has 82 valence electrons. The summed E-state index contributed by atoms with van der Waals surface area (Å²) < 4.78 is 19.1. The Morgan fingerprint density at radius 1 is 1.25 bits per heavy atom. The molecule has 1 aromatic carbocycles. The average molecular weight is 282 g/mol. The lowest BCUT2D eigenvalue weighted by Gasteiger charge is -2.06. The summed E-state index contributed by atoms with van der Waals surface area (Å²) in [5.74, 6) is 0.683. The number of benzene rings is 1. The van der Waals surface area contributed by atoms with Crippen molar-refractivity contribution >= 4 is 15.9 Å². The fraction of sp³-hybridized carbons (Fsp3) is 0.0833. The molecule has 0 aliphatic carbocycles. The summed E-state index contributed by atoms with van der Waals surface area (Å²) in [7, 11) is 0. The monoisotopic (exact) mass is 281 g/mol. The fourth-order valence-electron chi connectivity index (χ4n) is 1.22. The summed E-state index contributed by atoms with van der Waals surface area (Å²) in [4.78, 5) is 3.82. The van der Waals surface area contributed by atoms with Gasteiger partial charge in [-0.2, -0.15) is 0 Å². The molecule has 1 heterocycles. The molecule has 0 radical (unpaired) electrons. The van der Waals surface area contributed by atoms with Gasteiger partial charge in [0.2, 0.25) is 5.88 Å². The van der Waals surface area contributed by atoms with E-state index in [-0.39, 0.29) is 5.82 Å². The SMILES string of the molecule is Cc1cc(Oc2ccc(F)cn2)ccc1Br. The molecular formula is C12H9BrFNO. The van der Waals surface area contributed by atoms with Crippen LogP contribution in [-0.4, -0.2) is 4.98 Å². The van der Waals surface area contributed by atoms with Crippen LogP contribution in [0.4, 0.5) is 4.39 Å². The molecule has 0 aliphatic heterocycles. The van der Waals surface area contributed by atoms with Crippen LogP contribution in [0.3, 0.4) is 0 Å². The van der Waals surface area contributed by atoms with E-state index in [1.54, 1.807) is 0 Å². The number of halogens is 2. The van der Waals surface area contributed by atoms with E-state index in [1.807, 2.05) is 25.1 Å². The smallest absolute Gasteiger partial charge is 0.219 e. The summed E-state index contributed by atoms with van der Waals surface area (Å²) in [5, 5.41) is 0. The molecule has 16 heavy (non-hydrogen) atoms. The molecule has 0 saturated heterocycles. The molecule has 0 N–H and O–H groups in total. The maximum absolute atomic E-state index is 12.6. The highest BCUT2D eigenvalue weighted by Gasteiger charge is 2.01. The van der Waals surface area contributed by atoms with E-state index in [2.05, 4.69) is 20.9 Å². The molecule has 0 aliphatic rings. The minimum Gasteiger partial charge on any atom is -0.439 e. The molecule has 0 unspecified atom stereocenters. The van der Waals surface area contributed by atoms with Gasteiger partial charge >= 0.3 is 0 Å². The van der Waals surface area contributed by atoms with Crippen LogP contribution >= 0.6 is 15.9 Å². The van der Waals surface area contributed by atoms with Gasteiger partial charge in [-0.25, -0.2) is 9.37 Å². The van der Waals surface area contributed by atoms with Crippen molar-refractivity contribution in [2.75, 3.05) is 0 Å². The zero-order valence-corrected chi connectivity index (χ0v) is 10.2. The second kappa shape index (κ2) is 4.61. The molecule has 0 spiro atoms. The number of aryl methyl sites for hydroxylation is 1. The Labute approximate surface area is 101 Å². The third-order valence-corrected chi connectivity index (χ3v) is 2.94. The van der Waals surface area contributed by atoms with Crippen molar-refractivity contribution in [3.8, 4) is 11.6 Å². The number of pyridine rings is 1. The van der Waals surface area contributed by atoms with Crippen molar-refractivity contribution in [2.24, 2.45) is 0 Å². The Morgan fingerprint density at radius 2 is 2.06 bits per heavy atom. The lowest BCUT2D eigenvalue weighted by atomic mass is 10.2. The van der Waals surface area contributed by atoms with Crippen molar-refractivity contribution in [3.05, 3.63) is 52.4 Å². The quantitative estimate of drug-likeness (QED) is 0.827. The molecule has 1 aromatic heterocycles. The predicted molar refractivity (Wildman–Crippen MR) is 63.1 cm³/mol. The molecule has 0 atom stereocenters. The predicted octanol–water partition coefficient (Wildman–Crippen LogP) is 4.08. The van der Waals surface area contributed by atoms with Crippen molar-refractivity contribution in [1.29, 1.82) is 0 Å².